The van der Waals surface area contributed by atoms with Crippen molar-refractivity contribution in [3.05, 3.63) is 42.6 Å². The normalized spacial score (nSPS) is 25.8. The van der Waals surface area contributed by atoms with E-state index in [0.29, 0.717) is 11.8 Å². The summed E-state index contributed by atoms with van der Waals surface area (Å²) >= 11 is 0. The largest absolute Gasteiger partial charge is 0.473 e. The second-order valence-electron chi connectivity index (χ2n) is 7.18. The lowest BCUT2D eigenvalue weighted by molar-refractivity contribution is 0.0123. The molecule has 5 rings (SSSR count). The van der Waals surface area contributed by atoms with Gasteiger partial charge in [0.05, 0.1) is 5.69 Å². The molecule has 4 heterocycles. The van der Waals surface area contributed by atoms with Crippen molar-refractivity contribution < 1.29 is 4.74 Å². The Bertz CT molecular complexity index is 873. The van der Waals surface area contributed by atoms with E-state index in [1.807, 2.05) is 18.3 Å². The maximum absolute atomic E-state index is 6.18. The highest BCUT2D eigenvalue weighted by Crippen LogP contribution is 2.30. The monoisotopic (exact) mass is 334 g/mol. The number of aromatic amines is 1. The van der Waals surface area contributed by atoms with E-state index in [0.717, 1.165) is 29.7 Å². The summed E-state index contributed by atoms with van der Waals surface area (Å²) in [6.45, 7) is 3.57. The van der Waals surface area contributed by atoms with E-state index in [9.17, 15) is 0 Å². The minimum atomic E-state index is 0.285. The number of benzene rings is 1. The van der Waals surface area contributed by atoms with Gasteiger partial charge in [0.15, 0.2) is 0 Å². The van der Waals surface area contributed by atoms with Crippen LogP contribution in [0.1, 0.15) is 19.3 Å². The molecule has 3 atom stereocenters. The smallest absolute Gasteiger partial charge is 0.233 e. The minimum Gasteiger partial charge on any atom is -0.473 e. The molecule has 2 aliphatic rings. The Morgan fingerprint density at radius 1 is 1.04 bits per heavy atom. The zero-order valence-electron chi connectivity index (χ0n) is 14.2. The SMILES string of the molecule is c1cc2cc(-c3ccc(O[C@H]4CCN5CCC[C@@H]4C5)nn3)ccc2[nH]1. The van der Waals surface area contributed by atoms with Gasteiger partial charge in [0, 0.05) is 47.7 Å². The predicted octanol–water partition coefficient (Wildman–Crippen LogP) is 3.49. The fourth-order valence-corrected chi connectivity index (χ4v) is 4.20. The van der Waals surface area contributed by atoms with Crippen LogP contribution in [0.3, 0.4) is 0 Å². The van der Waals surface area contributed by atoms with Crippen LogP contribution in [-0.2, 0) is 0 Å². The molecule has 0 amide bonds. The Kier molecular flexibility index (Phi) is 3.67. The summed E-state index contributed by atoms with van der Waals surface area (Å²) < 4.78 is 6.18. The summed E-state index contributed by atoms with van der Waals surface area (Å²) in [6, 6.07) is 12.3. The van der Waals surface area contributed by atoms with Crippen LogP contribution in [0.2, 0.25) is 0 Å². The highest BCUT2D eigenvalue weighted by Gasteiger charge is 2.33. The van der Waals surface area contributed by atoms with Crippen LogP contribution >= 0.6 is 0 Å². The molecular weight excluding hydrogens is 312 g/mol. The summed E-state index contributed by atoms with van der Waals surface area (Å²) in [5.74, 6) is 1.29. The third-order valence-corrected chi connectivity index (χ3v) is 5.56. The van der Waals surface area contributed by atoms with Crippen LogP contribution in [-0.4, -0.2) is 45.8 Å². The van der Waals surface area contributed by atoms with Crippen LogP contribution in [0.25, 0.3) is 22.2 Å². The molecule has 2 bridgehead atoms. The first-order valence-corrected chi connectivity index (χ1v) is 9.15. The zero-order chi connectivity index (χ0) is 16.6. The second-order valence-corrected chi connectivity index (χ2v) is 7.18. The number of rotatable bonds is 3. The lowest BCUT2D eigenvalue weighted by Gasteiger charge is -2.42. The van der Waals surface area contributed by atoms with Crippen molar-refractivity contribution in [2.24, 2.45) is 5.92 Å². The fraction of sp³-hybridized carbons (Fsp3) is 0.400. The van der Waals surface area contributed by atoms with E-state index in [-0.39, 0.29) is 6.10 Å². The third-order valence-electron chi connectivity index (χ3n) is 5.56. The average Bonchev–Trinajstić information content (AvgIpc) is 3.13. The van der Waals surface area contributed by atoms with Gasteiger partial charge in [0.25, 0.3) is 0 Å². The molecule has 2 aliphatic heterocycles. The molecule has 0 radical (unpaired) electrons. The average molecular weight is 334 g/mol. The molecule has 0 aliphatic carbocycles. The minimum absolute atomic E-state index is 0.285. The number of piperidine rings is 2. The molecule has 3 aromatic rings. The van der Waals surface area contributed by atoms with Crippen molar-refractivity contribution >= 4 is 10.9 Å². The standard InChI is InChI=1S/C20H22N4O/c1-2-16-13-24(10-1)11-8-19(16)25-20-6-5-18(22-23-20)14-3-4-17-15(12-14)7-9-21-17/h3-7,9,12,16,19,21H,1-2,8,10-11,13H2/t16-,19+/m1/s1. The summed E-state index contributed by atoms with van der Waals surface area (Å²) in [5.41, 5.74) is 3.09. The number of aromatic nitrogens is 3. The van der Waals surface area contributed by atoms with Gasteiger partial charge in [0.1, 0.15) is 6.10 Å². The van der Waals surface area contributed by atoms with E-state index in [4.69, 9.17) is 4.74 Å². The lowest BCUT2D eigenvalue weighted by Crippen LogP contribution is -2.49. The van der Waals surface area contributed by atoms with Crippen LogP contribution < -0.4 is 4.74 Å². The maximum atomic E-state index is 6.18. The maximum Gasteiger partial charge on any atom is 0.233 e. The van der Waals surface area contributed by atoms with Gasteiger partial charge in [-0.25, -0.2) is 0 Å². The second kappa shape index (κ2) is 6.15. The molecular formula is C20H22N4O. The Labute approximate surface area is 147 Å². The van der Waals surface area contributed by atoms with Crippen molar-refractivity contribution in [3.8, 4) is 17.1 Å². The number of hydrogen-bond donors (Lipinski definition) is 1. The number of ether oxygens (including phenoxy) is 1. The molecule has 2 fully saturated rings. The predicted molar refractivity (Wildman–Crippen MR) is 97.5 cm³/mol. The van der Waals surface area contributed by atoms with Gasteiger partial charge in [0.2, 0.25) is 5.88 Å². The van der Waals surface area contributed by atoms with Crippen LogP contribution in [0.4, 0.5) is 0 Å². The Balaban J connectivity index is 1.32. The molecule has 1 aromatic carbocycles. The number of nitrogens with one attached hydrogen (secondary N) is 1. The first kappa shape index (κ1) is 14.9. The molecule has 0 spiro atoms. The van der Waals surface area contributed by atoms with E-state index in [1.54, 1.807) is 0 Å². The molecule has 5 heteroatoms. The van der Waals surface area contributed by atoms with Crippen LogP contribution in [0.15, 0.2) is 42.6 Å². The molecule has 2 saturated heterocycles. The quantitative estimate of drug-likeness (QED) is 0.797. The highest BCUT2D eigenvalue weighted by molar-refractivity contribution is 5.84. The lowest BCUT2D eigenvalue weighted by atomic mass is 9.87. The molecule has 1 unspecified atom stereocenters. The summed E-state index contributed by atoms with van der Waals surface area (Å²) in [7, 11) is 0. The number of fused-ring (bicyclic) bond motifs is 3. The van der Waals surface area contributed by atoms with Gasteiger partial charge in [-0.3, -0.25) is 0 Å². The van der Waals surface area contributed by atoms with Gasteiger partial charge in [-0.2, -0.15) is 0 Å². The Morgan fingerprint density at radius 2 is 2.04 bits per heavy atom. The third kappa shape index (κ3) is 2.89. The summed E-state index contributed by atoms with van der Waals surface area (Å²) in [4.78, 5) is 5.77. The Hall–Kier alpha value is -2.40. The van der Waals surface area contributed by atoms with Crippen molar-refractivity contribution in [2.75, 3.05) is 19.6 Å². The van der Waals surface area contributed by atoms with Crippen molar-refractivity contribution in [1.29, 1.82) is 0 Å². The molecule has 128 valence electrons. The van der Waals surface area contributed by atoms with Crippen molar-refractivity contribution in [2.45, 2.75) is 25.4 Å². The molecule has 2 aromatic heterocycles. The van der Waals surface area contributed by atoms with Gasteiger partial charge >= 0.3 is 0 Å². The Morgan fingerprint density at radius 3 is 2.96 bits per heavy atom. The van der Waals surface area contributed by atoms with Crippen LogP contribution in [0, 0.1) is 5.92 Å². The van der Waals surface area contributed by atoms with Gasteiger partial charge in [-0.1, -0.05) is 6.07 Å². The van der Waals surface area contributed by atoms with E-state index in [1.165, 1.54) is 31.3 Å². The zero-order valence-corrected chi connectivity index (χ0v) is 14.2. The first-order valence-electron chi connectivity index (χ1n) is 9.15. The van der Waals surface area contributed by atoms with Gasteiger partial charge < -0.3 is 14.6 Å². The van der Waals surface area contributed by atoms with E-state index >= 15 is 0 Å². The van der Waals surface area contributed by atoms with Crippen molar-refractivity contribution in [3.63, 3.8) is 0 Å². The van der Waals surface area contributed by atoms with Crippen molar-refractivity contribution in [1.82, 2.24) is 20.1 Å². The number of H-pyrrole nitrogens is 1. The summed E-state index contributed by atoms with van der Waals surface area (Å²) in [6.07, 6.45) is 5.89. The highest BCUT2D eigenvalue weighted by atomic mass is 16.5. The fourth-order valence-electron chi connectivity index (χ4n) is 4.20. The summed E-state index contributed by atoms with van der Waals surface area (Å²) in [5, 5.41) is 9.90. The van der Waals surface area contributed by atoms with Gasteiger partial charge in [-0.15, -0.1) is 10.2 Å². The van der Waals surface area contributed by atoms with Crippen LogP contribution in [0.5, 0.6) is 5.88 Å². The molecule has 0 saturated carbocycles. The van der Waals surface area contributed by atoms with E-state index < -0.39 is 0 Å². The molecule has 5 nitrogen and oxygen atoms in total. The number of nitrogens with zero attached hydrogens (tertiary/aromatic N) is 3. The topological polar surface area (TPSA) is 54.0 Å². The first-order chi connectivity index (χ1) is 12.3. The number of hydrogen-bond acceptors (Lipinski definition) is 4. The molecule has 1 N–H and O–H groups in total. The molecule has 25 heavy (non-hydrogen) atoms. The van der Waals surface area contributed by atoms with Gasteiger partial charge in [-0.05, 0) is 50.1 Å². The van der Waals surface area contributed by atoms with E-state index in [2.05, 4.69) is 44.3 Å².